The van der Waals surface area contributed by atoms with Crippen LogP contribution in [0.5, 0.6) is 0 Å². The fraction of sp³-hybridized carbons (Fsp3) is 0.923. The quantitative estimate of drug-likeness (QED) is 0.723. The van der Waals surface area contributed by atoms with Gasteiger partial charge in [0.05, 0.1) is 6.61 Å². The van der Waals surface area contributed by atoms with Gasteiger partial charge in [-0.15, -0.1) is 0 Å². The monoisotopic (exact) mass is 257 g/mol. The van der Waals surface area contributed by atoms with E-state index in [0.29, 0.717) is 12.0 Å². The first-order valence-corrected chi connectivity index (χ1v) is 10.3. The third-order valence-corrected chi connectivity index (χ3v) is 5.16. The minimum atomic E-state index is -1.09. The number of amides is 1. The van der Waals surface area contributed by atoms with E-state index in [1.54, 1.807) is 0 Å². The summed E-state index contributed by atoms with van der Waals surface area (Å²) in [5.74, 6) is 0. The zero-order valence-electron chi connectivity index (χ0n) is 12.0. The van der Waals surface area contributed by atoms with Gasteiger partial charge >= 0.3 is 6.09 Å². The van der Waals surface area contributed by atoms with Gasteiger partial charge in [-0.25, -0.2) is 4.79 Å². The normalized spacial score (nSPS) is 20.2. The van der Waals surface area contributed by atoms with Gasteiger partial charge < -0.3 is 9.64 Å². The van der Waals surface area contributed by atoms with Crippen molar-refractivity contribution in [2.75, 3.05) is 19.7 Å². The first kappa shape index (κ1) is 14.5. The molecule has 1 rings (SSSR count). The number of hydrogen-bond donors (Lipinski definition) is 0. The van der Waals surface area contributed by atoms with E-state index in [-0.39, 0.29) is 6.09 Å². The summed E-state index contributed by atoms with van der Waals surface area (Å²) in [5.41, 5.74) is 0.384. The Labute approximate surface area is 107 Å². The molecule has 1 saturated heterocycles. The Morgan fingerprint density at radius 3 is 2.24 bits per heavy atom. The van der Waals surface area contributed by atoms with Crippen molar-refractivity contribution in [3.8, 4) is 0 Å². The van der Waals surface area contributed by atoms with Gasteiger partial charge in [-0.2, -0.15) is 0 Å². The Bertz CT molecular complexity index is 261. The molecular formula is C13H27NO2Si. The molecule has 3 nitrogen and oxygen atoms in total. The van der Waals surface area contributed by atoms with Gasteiger partial charge in [-0.1, -0.05) is 33.5 Å². The molecule has 0 radical (unpaired) electrons. The minimum absolute atomic E-state index is 0.112. The lowest BCUT2D eigenvalue weighted by molar-refractivity contribution is 0.0783. The van der Waals surface area contributed by atoms with Crippen molar-refractivity contribution in [1.82, 2.24) is 4.90 Å². The number of hydrogen-bond acceptors (Lipinski definition) is 2. The number of likely N-dealkylation sites (tertiary alicyclic amines) is 1. The average molecular weight is 257 g/mol. The second-order valence-corrected chi connectivity index (χ2v) is 12.7. The highest BCUT2D eigenvalue weighted by atomic mass is 28.3. The van der Waals surface area contributed by atoms with Crippen LogP contribution in [0.25, 0.3) is 0 Å². The van der Waals surface area contributed by atoms with Crippen molar-refractivity contribution in [3.05, 3.63) is 0 Å². The summed E-state index contributed by atoms with van der Waals surface area (Å²) in [6, 6.07) is 1.05. The van der Waals surface area contributed by atoms with Crippen LogP contribution in [0.4, 0.5) is 4.79 Å². The molecule has 1 amide bonds. The molecule has 0 aromatic carbocycles. The average Bonchev–Trinajstić information content (AvgIpc) is 2.15. The third kappa shape index (κ3) is 5.57. The molecule has 0 spiro atoms. The van der Waals surface area contributed by atoms with Crippen LogP contribution in [0.1, 0.15) is 26.7 Å². The predicted octanol–water partition coefficient (Wildman–Crippen LogP) is 3.58. The van der Waals surface area contributed by atoms with Crippen LogP contribution in [0.3, 0.4) is 0 Å². The summed E-state index contributed by atoms with van der Waals surface area (Å²) >= 11 is 0. The molecule has 4 heteroatoms. The molecule has 1 heterocycles. The topological polar surface area (TPSA) is 29.5 Å². The molecular weight excluding hydrogens is 230 g/mol. The number of ether oxygens (including phenoxy) is 1. The third-order valence-electron chi connectivity index (χ3n) is 3.45. The second kappa shape index (κ2) is 5.42. The van der Waals surface area contributed by atoms with Crippen LogP contribution in [-0.2, 0) is 4.74 Å². The van der Waals surface area contributed by atoms with Crippen molar-refractivity contribution in [2.24, 2.45) is 5.41 Å². The van der Waals surface area contributed by atoms with E-state index in [1.807, 2.05) is 4.90 Å². The summed E-state index contributed by atoms with van der Waals surface area (Å²) in [6.07, 6.45) is 2.05. The van der Waals surface area contributed by atoms with Crippen LogP contribution in [0.15, 0.2) is 0 Å². The number of carbonyl (C=O) groups is 1. The molecule has 0 aromatic heterocycles. The molecule has 0 unspecified atom stereocenters. The highest BCUT2D eigenvalue weighted by molar-refractivity contribution is 6.76. The highest BCUT2D eigenvalue weighted by Crippen LogP contribution is 2.29. The second-order valence-electron chi connectivity index (χ2n) is 7.08. The maximum atomic E-state index is 11.8. The first-order valence-electron chi connectivity index (χ1n) is 6.61. The molecule has 1 aliphatic rings. The largest absolute Gasteiger partial charge is 0.450 e. The molecule has 0 saturated carbocycles. The molecule has 17 heavy (non-hydrogen) atoms. The van der Waals surface area contributed by atoms with Gasteiger partial charge in [0.1, 0.15) is 0 Å². The molecule has 100 valence electrons. The molecule has 0 N–H and O–H groups in total. The highest BCUT2D eigenvalue weighted by Gasteiger charge is 2.28. The van der Waals surface area contributed by atoms with Crippen LogP contribution in [0, 0.1) is 5.41 Å². The van der Waals surface area contributed by atoms with E-state index in [9.17, 15) is 4.79 Å². The number of rotatable bonds is 3. The zero-order valence-corrected chi connectivity index (χ0v) is 13.0. The maximum absolute atomic E-state index is 11.8. The SMILES string of the molecule is CC1(C)CCN(C(=O)OCC[Si](C)(C)C)CC1. The van der Waals surface area contributed by atoms with Crippen molar-refractivity contribution >= 4 is 14.2 Å². The predicted molar refractivity (Wildman–Crippen MR) is 74.1 cm³/mol. The zero-order chi connectivity index (χ0) is 13.1. The Hall–Kier alpha value is -0.513. The minimum Gasteiger partial charge on any atom is -0.450 e. The first-order chi connectivity index (χ1) is 7.70. The Morgan fingerprint density at radius 1 is 1.24 bits per heavy atom. The lowest BCUT2D eigenvalue weighted by Crippen LogP contribution is -2.41. The summed E-state index contributed by atoms with van der Waals surface area (Å²) in [4.78, 5) is 13.7. The molecule has 0 bridgehead atoms. The molecule has 0 aromatic rings. The van der Waals surface area contributed by atoms with E-state index < -0.39 is 8.07 Å². The maximum Gasteiger partial charge on any atom is 0.409 e. The van der Waals surface area contributed by atoms with Crippen LogP contribution < -0.4 is 0 Å². The summed E-state index contributed by atoms with van der Waals surface area (Å²) in [6.45, 7) is 13.7. The van der Waals surface area contributed by atoms with Crippen LogP contribution in [0.2, 0.25) is 25.7 Å². The number of carbonyl (C=O) groups excluding carboxylic acids is 1. The standard InChI is InChI=1S/C13H27NO2Si/c1-13(2)6-8-14(9-7-13)12(15)16-10-11-17(3,4)5/h6-11H2,1-5H3. The van der Waals surface area contributed by atoms with E-state index in [1.165, 1.54) is 0 Å². The van der Waals surface area contributed by atoms with Gasteiger partial charge in [-0.05, 0) is 24.3 Å². The van der Waals surface area contributed by atoms with Crippen LogP contribution >= 0.6 is 0 Å². The number of piperidine rings is 1. The van der Waals surface area contributed by atoms with Gasteiger partial charge in [-0.3, -0.25) is 0 Å². The Balaban J connectivity index is 2.25. The van der Waals surface area contributed by atoms with Gasteiger partial charge in [0.25, 0.3) is 0 Å². The van der Waals surface area contributed by atoms with Gasteiger partial charge in [0, 0.05) is 21.2 Å². The fourth-order valence-corrected chi connectivity index (χ4v) is 2.54. The Kier molecular flexibility index (Phi) is 4.64. The van der Waals surface area contributed by atoms with Crippen LogP contribution in [-0.4, -0.2) is 38.8 Å². The summed E-state index contributed by atoms with van der Waals surface area (Å²) in [7, 11) is -1.09. The molecule has 0 aliphatic carbocycles. The lowest BCUT2D eigenvalue weighted by Gasteiger charge is -2.36. The number of nitrogens with zero attached hydrogens (tertiary/aromatic N) is 1. The van der Waals surface area contributed by atoms with Crippen molar-refractivity contribution in [2.45, 2.75) is 52.4 Å². The van der Waals surface area contributed by atoms with E-state index in [2.05, 4.69) is 33.5 Å². The fourth-order valence-electron chi connectivity index (χ4n) is 1.83. The lowest BCUT2D eigenvalue weighted by atomic mass is 9.83. The molecule has 1 fully saturated rings. The molecule has 0 atom stereocenters. The molecule has 1 aliphatic heterocycles. The van der Waals surface area contributed by atoms with Gasteiger partial charge in [0.2, 0.25) is 0 Å². The summed E-state index contributed by atoms with van der Waals surface area (Å²) < 4.78 is 5.35. The van der Waals surface area contributed by atoms with E-state index >= 15 is 0 Å². The summed E-state index contributed by atoms with van der Waals surface area (Å²) in [5, 5.41) is 0. The smallest absolute Gasteiger partial charge is 0.409 e. The van der Waals surface area contributed by atoms with E-state index in [4.69, 9.17) is 4.74 Å². The Morgan fingerprint density at radius 2 is 1.76 bits per heavy atom. The van der Waals surface area contributed by atoms with E-state index in [0.717, 1.165) is 32.0 Å². The van der Waals surface area contributed by atoms with Gasteiger partial charge in [0.15, 0.2) is 0 Å². The van der Waals surface area contributed by atoms with Crippen molar-refractivity contribution < 1.29 is 9.53 Å². The van der Waals surface area contributed by atoms with Crippen molar-refractivity contribution in [1.29, 1.82) is 0 Å². The van der Waals surface area contributed by atoms with Crippen molar-refractivity contribution in [3.63, 3.8) is 0 Å².